The summed E-state index contributed by atoms with van der Waals surface area (Å²) in [6.45, 7) is 0. The van der Waals surface area contributed by atoms with Crippen molar-refractivity contribution in [2.75, 3.05) is 19.0 Å². The first-order valence-electron chi connectivity index (χ1n) is 3.83. The zero-order valence-corrected chi connectivity index (χ0v) is 7.71. The molecule has 0 bridgehead atoms. The number of hydrogen-bond donors (Lipinski definition) is 1. The quantitative estimate of drug-likeness (QED) is 0.792. The summed E-state index contributed by atoms with van der Waals surface area (Å²) in [4.78, 5) is 11.8. The molecule has 1 rings (SSSR count). The van der Waals surface area contributed by atoms with E-state index in [1.807, 2.05) is 0 Å². The Kier molecular flexibility index (Phi) is 2.69. The highest BCUT2D eigenvalue weighted by molar-refractivity contribution is 5.88. The van der Waals surface area contributed by atoms with Gasteiger partial charge in [-0.3, -0.25) is 0 Å². The lowest BCUT2D eigenvalue weighted by molar-refractivity contribution is 0.0691. The van der Waals surface area contributed by atoms with Crippen LogP contribution in [-0.4, -0.2) is 25.2 Å². The van der Waals surface area contributed by atoms with E-state index in [2.05, 4.69) is 0 Å². The van der Waals surface area contributed by atoms with Gasteiger partial charge in [-0.25, -0.2) is 13.6 Å². The van der Waals surface area contributed by atoms with Crippen molar-refractivity contribution in [2.45, 2.75) is 0 Å². The molecule has 0 atom stereocenters. The number of rotatable bonds is 2. The maximum atomic E-state index is 13.2. The second-order valence-corrected chi connectivity index (χ2v) is 2.98. The molecule has 0 aliphatic rings. The van der Waals surface area contributed by atoms with Gasteiger partial charge in [0, 0.05) is 20.2 Å². The molecule has 1 N–H and O–H groups in total. The highest BCUT2D eigenvalue weighted by Crippen LogP contribution is 2.21. The van der Waals surface area contributed by atoms with Crippen LogP contribution >= 0.6 is 0 Å². The Balaban J connectivity index is 3.31. The fraction of sp³-hybridized carbons (Fsp3) is 0.222. The predicted octanol–water partition coefficient (Wildman–Crippen LogP) is 1.73. The molecule has 1 aromatic rings. The fourth-order valence-electron chi connectivity index (χ4n) is 1.04. The lowest BCUT2D eigenvalue weighted by Crippen LogP contribution is -2.12. The van der Waals surface area contributed by atoms with E-state index in [-0.39, 0.29) is 5.69 Å². The number of hydrogen-bond acceptors (Lipinski definition) is 2. The van der Waals surface area contributed by atoms with Crippen molar-refractivity contribution < 1.29 is 18.7 Å². The number of halogens is 2. The molecule has 0 fully saturated rings. The Morgan fingerprint density at radius 2 is 1.86 bits per heavy atom. The summed E-state index contributed by atoms with van der Waals surface area (Å²) in [6.07, 6.45) is 0. The molecule has 14 heavy (non-hydrogen) atoms. The molecule has 0 aromatic heterocycles. The third-order valence-electron chi connectivity index (χ3n) is 1.75. The van der Waals surface area contributed by atoms with Crippen LogP contribution in [0.4, 0.5) is 14.5 Å². The van der Waals surface area contributed by atoms with Crippen LogP contribution in [-0.2, 0) is 0 Å². The molecular formula is C9H9F2NO2. The summed E-state index contributed by atoms with van der Waals surface area (Å²) < 4.78 is 26.2. The SMILES string of the molecule is CN(C)c1cc(F)c(C(=O)O)cc1F. The van der Waals surface area contributed by atoms with Crippen LogP contribution in [0.2, 0.25) is 0 Å². The monoisotopic (exact) mass is 201 g/mol. The Morgan fingerprint density at radius 3 is 2.29 bits per heavy atom. The normalized spacial score (nSPS) is 10.0. The molecule has 0 unspecified atom stereocenters. The average molecular weight is 201 g/mol. The first kappa shape index (κ1) is 10.4. The second-order valence-electron chi connectivity index (χ2n) is 2.98. The van der Waals surface area contributed by atoms with Crippen LogP contribution in [0.1, 0.15) is 10.4 Å². The first-order chi connectivity index (χ1) is 6.43. The van der Waals surface area contributed by atoms with Crippen molar-refractivity contribution in [3.8, 4) is 0 Å². The van der Waals surface area contributed by atoms with Gasteiger partial charge in [-0.15, -0.1) is 0 Å². The van der Waals surface area contributed by atoms with Gasteiger partial charge < -0.3 is 10.0 Å². The summed E-state index contributed by atoms with van der Waals surface area (Å²) in [7, 11) is 3.08. The number of anilines is 1. The van der Waals surface area contributed by atoms with Gasteiger partial charge in [0.15, 0.2) is 0 Å². The van der Waals surface area contributed by atoms with E-state index in [0.29, 0.717) is 6.07 Å². The first-order valence-corrected chi connectivity index (χ1v) is 3.83. The summed E-state index contributed by atoms with van der Waals surface area (Å²) in [6, 6.07) is 1.53. The molecule has 0 aliphatic carbocycles. The smallest absolute Gasteiger partial charge is 0.338 e. The maximum absolute atomic E-state index is 13.2. The molecule has 1 aromatic carbocycles. The standard InChI is InChI=1S/C9H9F2NO2/c1-12(2)8-4-6(10)5(9(13)14)3-7(8)11/h3-4H,1-2H3,(H,13,14). The van der Waals surface area contributed by atoms with E-state index in [0.717, 1.165) is 6.07 Å². The minimum atomic E-state index is -1.48. The molecule has 3 nitrogen and oxygen atoms in total. The number of carboxylic acid groups (broad SMARTS) is 1. The zero-order valence-electron chi connectivity index (χ0n) is 7.71. The molecule has 5 heteroatoms. The van der Waals surface area contributed by atoms with Gasteiger partial charge >= 0.3 is 5.97 Å². The number of aromatic carboxylic acids is 1. The molecular weight excluding hydrogens is 192 g/mol. The van der Waals surface area contributed by atoms with Gasteiger partial charge in [0.1, 0.15) is 11.6 Å². The van der Waals surface area contributed by atoms with Crippen molar-refractivity contribution in [3.05, 3.63) is 29.3 Å². The molecule has 0 spiro atoms. The van der Waals surface area contributed by atoms with Gasteiger partial charge in [0.05, 0.1) is 11.3 Å². The summed E-state index contributed by atoms with van der Waals surface area (Å²) >= 11 is 0. The van der Waals surface area contributed by atoms with Crippen molar-refractivity contribution in [2.24, 2.45) is 0 Å². The summed E-state index contributed by atoms with van der Waals surface area (Å²) in [5.41, 5.74) is -0.638. The summed E-state index contributed by atoms with van der Waals surface area (Å²) in [5.74, 6) is -3.18. The Hall–Kier alpha value is -1.65. The van der Waals surface area contributed by atoms with Crippen LogP contribution in [0.15, 0.2) is 12.1 Å². The fourth-order valence-corrected chi connectivity index (χ4v) is 1.04. The number of benzene rings is 1. The minimum Gasteiger partial charge on any atom is -0.478 e. The largest absolute Gasteiger partial charge is 0.478 e. The lowest BCUT2D eigenvalue weighted by Gasteiger charge is -2.13. The minimum absolute atomic E-state index is 0.0208. The van der Waals surface area contributed by atoms with Crippen molar-refractivity contribution in [1.82, 2.24) is 0 Å². The molecule has 0 saturated carbocycles. The van der Waals surface area contributed by atoms with Gasteiger partial charge in [-0.05, 0) is 6.07 Å². The van der Waals surface area contributed by atoms with E-state index in [1.54, 1.807) is 0 Å². The highest BCUT2D eigenvalue weighted by atomic mass is 19.1. The van der Waals surface area contributed by atoms with Crippen molar-refractivity contribution in [1.29, 1.82) is 0 Å². The third-order valence-corrected chi connectivity index (χ3v) is 1.75. The molecule has 0 heterocycles. The maximum Gasteiger partial charge on any atom is 0.338 e. The Morgan fingerprint density at radius 1 is 1.29 bits per heavy atom. The van der Waals surface area contributed by atoms with Gasteiger partial charge in [0.25, 0.3) is 0 Å². The highest BCUT2D eigenvalue weighted by Gasteiger charge is 2.15. The molecule has 0 amide bonds. The zero-order chi connectivity index (χ0) is 10.9. The van der Waals surface area contributed by atoms with Crippen molar-refractivity contribution >= 4 is 11.7 Å². The Labute approximate surface area is 79.6 Å². The number of nitrogens with zero attached hydrogens (tertiary/aromatic N) is 1. The lowest BCUT2D eigenvalue weighted by atomic mass is 10.2. The molecule has 76 valence electrons. The molecule has 0 radical (unpaired) electrons. The number of carbonyl (C=O) groups is 1. The van der Waals surface area contributed by atoms with Crippen LogP contribution < -0.4 is 4.90 Å². The van der Waals surface area contributed by atoms with Crippen LogP contribution in [0, 0.1) is 11.6 Å². The average Bonchev–Trinajstić information content (AvgIpc) is 2.07. The van der Waals surface area contributed by atoms with E-state index >= 15 is 0 Å². The van der Waals surface area contributed by atoms with Crippen LogP contribution in [0.3, 0.4) is 0 Å². The van der Waals surface area contributed by atoms with Gasteiger partial charge in [-0.1, -0.05) is 0 Å². The molecule has 0 saturated heterocycles. The van der Waals surface area contributed by atoms with Crippen LogP contribution in [0.5, 0.6) is 0 Å². The van der Waals surface area contributed by atoms with E-state index in [9.17, 15) is 13.6 Å². The molecule has 0 aliphatic heterocycles. The predicted molar refractivity (Wildman–Crippen MR) is 47.6 cm³/mol. The van der Waals surface area contributed by atoms with Crippen LogP contribution in [0.25, 0.3) is 0 Å². The van der Waals surface area contributed by atoms with Gasteiger partial charge in [-0.2, -0.15) is 0 Å². The third kappa shape index (κ3) is 1.81. The van der Waals surface area contributed by atoms with E-state index < -0.39 is 23.2 Å². The van der Waals surface area contributed by atoms with E-state index in [1.165, 1.54) is 19.0 Å². The topological polar surface area (TPSA) is 40.5 Å². The van der Waals surface area contributed by atoms with E-state index in [4.69, 9.17) is 5.11 Å². The second kappa shape index (κ2) is 3.61. The Bertz CT molecular complexity index is 377. The van der Waals surface area contributed by atoms with Crippen molar-refractivity contribution in [3.63, 3.8) is 0 Å². The van der Waals surface area contributed by atoms with Gasteiger partial charge in [0.2, 0.25) is 0 Å². The summed E-state index contributed by atoms with van der Waals surface area (Å²) in [5, 5.41) is 8.50. The number of carboxylic acids is 1.